The third kappa shape index (κ3) is 2.75. The lowest BCUT2D eigenvalue weighted by molar-refractivity contribution is -0.143. The summed E-state index contributed by atoms with van der Waals surface area (Å²) < 4.78 is 18.1. The number of benzene rings is 1. The van der Waals surface area contributed by atoms with Crippen molar-refractivity contribution in [1.29, 1.82) is 0 Å². The molecule has 2 aromatic rings. The number of carbonyl (C=O) groups is 2. The number of anilines is 1. The molecule has 1 amide bonds. The molecule has 1 aliphatic rings. The molecule has 8 heteroatoms. The maximum absolute atomic E-state index is 13.2. The summed E-state index contributed by atoms with van der Waals surface area (Å²) in [5.74, 6) is -1.90. The van der Waals surface area contributed by atoms with Crippen molar-refractivity contribution in [3.05, 3.63) is 58.5 Å². The first-order valence-corrected chi connectivity index (χ1v) is 7.88. The molecule has 25 heavy (non-hydrogen) atoms. The van der Waals surface area contributed by atoms with E-state index in [1.54, 1.807) is 6.92 Å². The van der Waals surface area contributed by atoms with Gasteiger partial charge < -0.3 is 9.84 Å². The standard InChI is InChI=1S/C17H14ClFN2O4/c1-2-25-13(22)9-21-15-14(12(18)7-8-20-15)17(24,16(21)23)10-3-5-11(19)6-4-10/h3-8,24H,2,9H2,1H3. The molecule has 6 nitrogen and oxygen atoms in total. The van der Waals surface area contributed by atoms with E-state index in [9.17, 15) is 19.1 Å². The average molecular weight is 365 g/mol. The summed E-state index contributed by atoms with van der Waals surface area (Å²) in [7, 11) is 0. The maximum Gasteiger partial charge on any atom is 0.326 e. The number of pyridine rings is 1. The van der Waals surface area contributed by atoms with E-state index in [-0.39, 0.29) is 28.6 Å². The van der Waals surface area contributed by atoms with Gasteiger partial charge in [-0.2, -0.15) is 0 Å². The van der Waals surface area contributed by atoms with Crippen LogP contribution in [0.3, 0.4) is 0 Å². The van der Waals surface area contributed by atoms with E-state index in [0.29, 0.717) is 0 Å². The van der Waals surface area contributed by atoms with E-state index in [2.05, 4.69) is 4.98 Å². The summed E-state index contributed by atoms with van der Waals surface area (Å²) >= 11 is 6.19. The van der Waals surface area contributed by atoms with Crippen LogP contribution in [-0.4, -0.2) is 35.1 Å². The minimum Gasteiger partial charge on any atom is -0.465 e. The van der Waals surface area contributed by atoms with Gasteiger partial charge in [-0.3, -0.25) is 14.5 Å². The lowest BCUT2D eigenvalue weighted by Crippen LogP contribution is -2.43. The van der Waals surface area contributed by atoms with Gasteiger partial charge in [0, 0.05) is 6.20 Å². The third-order valence-corrected chi connectivity index (χ3v) is 4.22. The highest BCUT2D eigenvalue weighted by Crippen LogP contribution is 2.46. The molecule has 1 aromatic carbocycles. The Morgan fingerprint density at radius 2 is 2.04 bits per heavy atom. The van der Waals surface area contributed by atoms with Gasteiger partial charge in [-0.15, -0.1) is 0 Å². The molecule has 1 aromatic heterocycles. The average Bonchev–Trinajstić information content (AvgIpc) is 2.79. The molecular weight excluding hydrogens is 351 g/mol. The van der Waals surface area contributed by atoms with Crippen LogP contribution in [0.2, 0.25) is 5.02 Å². The molecule has 0 radical (unpaired) electrons. The Labute approximate surface area is 147 Å². The van der Waals surface area contributed by atoms with Crippen molar-refractivity contribution in [1.82, 2.24) is 4.98 Å². The number of nitrogens with zero attached hydrogens (tertiary/aromatic N) is 2. The van der Waals surface area contributed by atoms with Gasteiger partial charge in [-0.05, 0) is 30.7 Å². The zero-order chi connectivity index (χ0) is 18.2. The molecular formula is C17H14ClFN2O4. The summed E-state index contributed by atoms with van der Waals surface area (Å²) in [6.45, 7) is 1.37. The highest BCUT2D eigenvalue weighted by molar-refractivity contribution is 6.33. The molecule has 0 saturated carbocycles. The number of halogens is 2. The molecule has 1 atom stereocenters. The molecule has 3 rings (SSSR count). The monoisotopic (exact) mass is 364 g/mol. The van der Waals surface area contributed by atoms with Crippen molar-refractivity contribution in [2.45, 2.75) is 12.5 Å². The summed E-state index contributed by atoms with van der Waals surface area (Å²) in [4.78, 5) is 29.9. The predicted octanol–water partition coefficient (Wildman–Crippen LogP) is 2.02. The normalized spacial score (nSPS) is 19.0. The van der Waals surface area contributed by atoms with Crippen LogP contribution in [-0.2, 0) is 19.9 Å². The number of hydrogen-bond acceptors (Lipinski definition) is 5. The first-order chi connectivity index (χ1) is 11.9. The van der Waals surface area contributed by atoms with Crippen LogP contribution in [0.1, 0.15) is 18.1 Å². The summed E-state index contributed by atoms with van der Waals surface area (Å²) in [5, 5.41) is 11.3. The summed E-state index contributed by atoms with van der Waals surface area (Å²) in [6, 6.07) is 6.25. The van der Waals surface area contributed by atoms with Crippen LogP contribution in [0.4, 0.5) is 10.2 Å². The van der Waals surface area contributed by atoms with Gasteiger partial charge in [0.15, 0.2) is 5.60 Å². The second-order valence-corrected chi connectivity index (χ2v) is 5.81. The van der Waals surface area contributed by atoms with Crippen LogP contribution < -0.4 is 4.90 Å². The van der Waals surface area contributed by atoms with Crippen LogP contribution in [0.25, 0.3) is 0 Å². The van der Waals surface area contributed by atoms with Gasteiger partial charge in [0.05, 0.1) is 17.2 Å². The summed E-state index contributed by atoms with van der Waals surface area (Å²) in [6.07, 6.45) is 1.36. The molecule has 1 N–H and O–H groups in total. The minimum absolute atomic E-state index is 0.0533. The predicted molar refractivity (Wildman–Crippen MR) is 87.6 cm³/mol. The smallest absolute Gasteiger partial charge is 0.326 e. The number of amides is 1. The fourth-order valence-corrected chi connectivity index (χ4v) is 3.08. The van der Waals surface area contributed by atoms with Gasteiger partial charge in [0.25, 0.3) is 5.91 Å². The Balaban J connectivity index is 2.13. The van der Waals surface area contributed by atoms with Crippen LogP contribution >= 0.6 is 11.6 Å². The number of rotatable bonds is 4. The molecule has 2 heterocycles. The largest absolute Gasteiger partial charge is 0.465 e. The maximum atomic E-state index is 13.2. The quantitative estimate of drug-likeness (QED) is 0.840. The Morgan fingerprint density at radius 3 is 2.68 bits per heavy atom. The van der Waals surface area contributed by atoms with Gasteiger partial charge in [-0.1, -0.05) is 23.7 Å². The molecule has 0 bridgehead atoms. The Hall–Kier alpha value is -2.51. The van der Waals surface area contributed by atoms with Crippen LogP contribution in [0.5, 0.6) is 0 Å². The highest BCUT2D eigenvalue weighted by atomic mass is 35.5. The van der Waals surface area contributed by atoms with E-state index in [1.807, 2.05) is 0 Å². The molecule has 0 aliphatic carbocycles. The Kier molecular flexibility index (Phi) is 4.45. The Bertz CT molecular complexity index is 843. The third-order valence-electron chi connectivity index (χ3n) is 3.91. The molecule has 1 unspecified atom stereocenters. The van der Waals surface area contributed by atoms with Gasteiger partial charge in [-0.25, -0.2) is 9.37 Å². The summed E-state index contributed by atoms with van der Waals surface area (Å²) in [5.41, 5.74) is -1.99. The zero-order valence-corrected chi connectivity index (χ0v) is 14.0. The van der Waals surface area contributed by atoms with E-state index in [0.717, 1.165) is 17.0 Å². The number of aromatic nitrogens is 1. The SMILES string of the molecule is CCOC(=O)CN1C(=O)C(O)(c2ccc(F)cc2)c2c(Cl)ccnc21. The fraction of sp³-hybridized carbons (Fsp3) is 0.235. The topological polar surface area (TPSA) is 79.7 Å². The van der Waals surface area contributed by atoms with Crippen LogP contribution in [0, 0.1) is 5.82 Å². The second kappa shape index (κ2) is 6.42. The molecule has 0 spiro atoms. The fourth-order valence-electron chi connectivity index (χ4n) is 2.81. The minimum atomic E-state index is -2.17. The first kappa shape index (κ1) is 17.3. The first-order valence-electron chi connectivity index (χ1n) is 7.50. The second-order valence-electron chi connectivity index (χ2n) is 5.41. The van der Waals surface area contributed by atoms with Crippen molar-refractivity contribution in [2.24, 2.45) is 0 Å². The molecule has 130 valence electrons. The van der Waals surface area contributed by atoms with E-state index in [1.165, 1.54) is 24.4 Å². The van der Waals surface area contributed by atoms with Gasteiger partial charge >= 0.3 is 5.97 Å². The van der Waals surface area contributed by atoms with E-state index in [4.69, 9.17) is 16.3 Å². The highest BCUT2D eigenvalue weighted by Gasteiger charge is 2.53. The Morgan fingerprint density at radius 1 is 1.36 bits per heavy atom. The van der Waals surface area contributed by atoms with Crippen molar-refractivity contribution in [3.8, 4) is 0 Å². The van der Waals surface area contributed by atoms with E-state index < -0.39 is 29.8 Å². The number of carbonyl (C=O) groups excluding carboxylic acids is 2. The van der Waals surface area contributed by atoms with Crippen molar-refractivity contribution < 1.29 is 23.8 Å². The van der Waals surface area contributed by atoms with E-state index >= 15 is 0 Å². The molecule has 0 fully saturated rings. The molecule has 0 saturated heterocycles. The lowest BCUT2D eigenvalue weighted by atomic mass is 9.88. The van der Waals surface area contributed by atoms with Crippen molar-refractivity contribution in [2.75, 3.05) is 18.1 Å². The van der Waals surface area contributed by atoms with Gasteiger partial charge in [0.2, 0.25) is 0 Å². The van der Waals surface area contributed by atoms with Crippen molar-refractivity contribution >= 4 is 29.3 Å². The number of aliphatic hydroxyl groups is 1. The number of fused-ring (bicyclic) bond motifs is 1. The zero-order valence-electron chi connectivity index (χ0n) is 13.2. The van der Waals surface area contributed by atoms with Gasteiger partial charge in [0.1, 0.15) is 18.2 Å². The lowest BCUT2D eigenvalue weighted by Gasteiger charge is -2.23. The van der Waals surface area contributed by atoms with Crippen LogP contribution in [0.15, 0.2) is 36.5 Å². The molecule has 1 aliphatic heterocycles. The number of ether oxygens (including phenoxy) is 1. The number of esters is 1. The van der Waals surface area contributed by atoms with Crippen molar-refractivity contribution in [3.63, 3.8) is 0 Å². The number of hydrogen-bond donors (Lipinski definition) is 1.